The standard InChI is InChI=1S/C14H23FN2O/c1-3-18-14(10-16)7-8-17(2)11-12-5-4-6-13(15)9-12/h4-6,9,14H,3,7-8,10-11,16H2,1-2H3. The van der Waals surface area contributed by atoms with Crippen molar-refractivity contribution in [3.05, 3.63) is 35.6 Å². The van der Waals surface area contributed by atoms with Crippen LogP contribution in [0.5, 0.6) is 0 Å². The molecule has 3 nitrogen and oxygen atoms in total. The second-order valence-corrected chi connectivity index (χ2v) is 4.47. The van der Waals surface area contributed by atoms with Gasteiger partial charge in [0.25, 0.3) is 0 Å². The summed E-state index contributed by atoms with van der Waals surface area (Å²) in [7, 11) is 2.02. The second kappa shape index (κ2) is 8.19. The molecule has 0 aliphatic heterocycles. The summed E-state index contributed by atoms with van der Waals surface area (Å²) in [5, 5.41) is 0. The first-order valence-corrected chi connectivity index (χ1v) is 6.40. The van der Waals surface area contributed by atoms with E-state index in [9.17, 15) is 4.39 Å². The lowest BCUT2D eigenvalue weighted by Gasteiger charge is -2.20. The van der Waals surface area contributed by atoms with Gasteiger partial charge < -0.3 is 15.4 Å². The zero-order valence-corrected chi connectivity index (χ0v) is 11.2. The molecular weight excluding hydrogens is 231 g/mol. The van der Waals surface area contributed by atoms with Crippen molar-refractivity contribution in [1.29, 1.82) is 0 Å². The van der Waals surface area contributed by atoms with Gasteiger partial charge in [0.05, 0.1) is 6.10 Å². The van der Waals surface area contributed by atoms with Crippen molar-refractivity contribution in [1.82, 2.24) is 4.90 Å². The van der Waals surface area contributed by atoms with E-state index in [0.29, 0.717) is 13.2 Å². The molecule has 102 valence electrons. The van der Waals surface area contributed by atoms with Crippen molar-refractivity contribution in [2.24, 2.45) is 5.73 Å². The topological polar surface area (TPSA) is 38.5 Å². The van der Waals surface area contributed by atoms with Crippen LogP contribution in [0.15, 0.2) is 24.3 Å². The summed E-state index contributed by atoms with van der Waals surface area (Å²) in [6.45, 7) is 4.83. The first-order chi connectivity index (χ1) is 8.65. The smallest absolute Gasteiger partial charge is 0.123 e. The molecule has 1 aromatic rings. The Morgan fingerprint density at radius 2 is 2.22 bits per heavy atom. The van der Waals surface area contributed by atoms with Crippen LogP contribution in [0.3, 0.4) is 0 Å². The molecule has 0 spiro atoms. The SMILES string of the molecule is CCOC(CN)CCN(C)Cc1cccc(F)c1. The molecule has 0 aliphatic rings. The predicted octanol–water partition coefficient (Wildman–Crippen LogP) is 2.01. The predicted molar refractivity (Wildman–Crippen MR) is 71.8 cm³/mol. The summed E-state index contributed by atoms with van der Waals surface area (Å²) in [5.41, 5.74) is 6.61. The maximum atomic E-state index is 13.0. The van der Waals surface area contributed by atoms with E-state index in [-0.39, 0.29) is 11.9 Å². The fourth-order valence-electron chi connectivity index (χ4n) is 1.90. The van der Waals surface area contributed by atoms with Crippen molar-refractivity contribution in [3.8, 4) is 0 Å². The second-order valence-electron chi connectivity index (χ2n) is 4.47. The molecule has 0 aliphatic carbocycles. The summed E-state index contributed by atoms with van der Waals surface area (Å²) >= 11 is 0. The minimum Gasteiger partial charge on any atom is -0.377 e. The van der Waals surface area contributed by atoms with Gasteiger partial charge >= 0.3 is 0 Å². The van der Waals surface area contributed by atoms with Gasteiger partial charge in [-0.2, -0.15) is 0 Å². The number of hydrogen-bond acceptors (Lipinski definition) is 3. The monoisotopic (exact) mass is 254 g/mol. The molecule has 2 N–H and O–H groups in total. The van der Waals surface area contributed by atoms with E-state index >= 15 is 0 Å². The Morgan fingerprint density at radius 1 is 1.44 bits per heavy atom. The highest BCUT2D eigenvalue weighted by Gasteiger charge is 2.08. The fourth-order valence-corrected chi connectivity index (χ4v) is 1.90. The molecule has 0 amide bonds. The van der Waals surface area contributed by atoms with E-state index in [2.05, 4.69) is 4.90 Å². The summed E-state index contributed by atoms with van der Waals surface area (Å²) in [6, 6.07) is 6.70. The summed E-state index contributed by atoms with van der Waals surface area (Å²) < 4.78 is 18.5. The van der Waals surface area contributed by atoms with Crippen LogP contribution < -0.4 is 5.73 Å². The number of halogens is 1. The average molecular weight is 254 g/mol. The van der Waals surface area contributed by atoms with E-state index in [4.69, 9.17) is 10.5 Å². The van der Waals surface area contributed by atoms with Gasteiger partial charge in [0, 0.05) is 26.2 Å². The van der Waals surface area contributed by atoms with Gasteiger partial charge in [-0.25, -0.2) is 4.39 Å². The Bertz CT molecular complexity index is 346. The largest absolute Gasteiger partial charge is 0.377 e. The molecule has 0 aromatic heterocycles. The quantitative estimate of drug-likeness (QED) is 0.771. The van der Waals surface area contributed by atoms with Crippen LogP contribution in [0.2, 0.25) is 0 Å². The highest BCUT2D eigenvalue weighted by molar-refractivity contribution is 5.15. The van der Waals surface area contributed by atoms with E-state index in [1.54, 1.807) is 12.1 Å². The average Bonchev–Trinajstić information content (AvgIpc) is 2.34. The Morgan fingerprint density at radius 3 is 2.83 bits per heavy atom. The van der Waals surface area contributed by atoms with Crippen LogP contribution in [0, 0.1) is 5.82 Å². The number of hydrogen-bond donors (Lipinski definition) is 1. The molecule has 0 bridgehead atoms. The molecular formula is C14H23FN2O. The summed E-state index contributed by atoms with van der Waals surface area (Å²) in [4.78, 5) is 2.15. The molecule has 1 unspecified atom stereocenters. The first kappa shape index (κ1) is 15.1. The lowest BCUT2D eigenvalue weighted by molar-refractivity contribution is 0.0558. The Hall–Kier alpha value is -0.970. The van der Waals surface area contributed by atoms with Gasteiger partial charge in [0.15, 0.2) is 0 Å². The highest BCUT2D eigenvalue weighted by atomic mass is 19.1. The van der Waals surface area contributed by atoms with Crippen molar-refractivity contribution in [3.63, 3.8) is 0 Å². The molecule has 1 atom stereocenters. The number of rotatable bonds is 8. The van der Waals surface area contributed by atoms with Crippen LogP contribution in [-0.4, -0.2) is 37.7 Å². The maximum Gasteiger partial charge on any atom is 0.123 e. The molecule has 0 radical (unpaired) electrons. The first-order valence-electron chi connectivity index (χ1n) is 6.40. The summed E-state index contributed by atoms with van der Waals surface area (Å²) in [5.74, 6) is -0.185. The van der Waals surface area contributed by atoms with Crippen LogP contribution in [0.1, 0.15) is 18.9 Å². The number of ether oxygens (including phenoxy) is 1. The molecule has 0 saturated heterocycles. The molecule has 0 saturated carbocycles. The maximum absolute atomic E-state index is 13.0. The summed E-state index contributed by atoms with van der Waals surface area (Å²) in [6.07, 6.45) is 1.01. The third kappa shape index (κ3) is 5.58. The van der Waals surface area contributed by atoms with Crippen molar-refractivity contribution in [2.75, 3.05) is 26.7 Å². The lowest BCUT2D eigenvalue weighted by Crippen LogP contribution is -2.29. The third-order valence-electron chi connectivity index (χ3n) is 2.84. The Balaban J connectivity index is 2.35. The number of benzene rings is 1. The van der Waals surface area contributed by atoms with Crippen molar-refractivity contribution >= 4 is 0 Å². The van der Waals surface area contributed by atoms with Gasteiger partial charge in [0.2, 0.25) is 0 Å². The van der Waals surface area contributed by atoms with E-state index in [1.807, 2.05) is 20.0 Å². The molecule has 18 heavy (non-hydrogen) atoms. The molecule has 1 rings (SSSR count). The van der Waals surface area contributed by atoms with Crippen molar-refractivity contribution < 1.29 is 9.13 Å². The Labute approximate surface area is 109 Å². The van der Waals surface area contributed by atoms with Gasteiger partial charge in [-0.1, -0.05) is 12.1 Å². The zero-order chi connectivity index (χ0) is 13.4. The normalized spacial score (nSPS) is 12.9. The van der Waals surface area contributed by atoms with Crippen molar-refractivity contribution in [2.45, 2.75) is 26.0 Å². The van der Waals surface area contributed by atoms with Crippen LogP contribution in [0.25, 0.3) is 0 Å². The van der Waals surface area contributed by atoms with Gasteiger partial charge in [-0.15, -0.1) is 0 Å². The van der Waals surface area contributed by atoms with E-state index < -0.39 is 0 Å². The third-order valence-corrected chi connectivity index (χ3v) is 2.84. The van der Waals surface area contributed by atoms with Gasteiger partial charge in [0.1, 0.15) is 5.82 Å². The van der Waals surface area contributed by atoms with Crippen LogP contribution in [0.4, 0.5) is 4.39 Å². The lowest BCUT2D eigenvalue weighted by atomic mass is 10.2. The number of nitrogens with zero attached hydrogens (tertiary/aromatic N) is 1. The zero-order valence-electron chi connectivity index (χ0n) is 11.2. The van der Waals surface area contributed by atoms with Crippen LogP contribution in [-0.2, 0) is 11.3 Å². The van der Waals surface area contributed by atoms with E-state index in [0.717, 1.165) is 25.1 Å². The van der Waals surface area contributed by atoms with Gasteiger partial charge in [-0.05, 0) is 38.1 Å². The molecule has 1 aromatic carbocycles. The van der Waals surface area contributed by atoms with Crippen LogP contribution >= 0.6 is 0 Å². The fraction of sp³-hybridized carbons (Fsp3) is 0.571. The minimum absolute atomic E-state index is 0.116. The molecule has 0 heterocycles. The molecule has 0 fully saturated rings. The Kier molecular flexibility index (Phi) is 6.86. The molecule has 4 heteroatoms. The minimum atomic E-state index is -0.185. The van der Waals surface area contributed by atoms with Gasteiger partial charge in [-0.3, -0.25) is 0 Å². The van der Waals surface area contributed by atoms with E-state index in [1.165, 1.54) is 6.07 Å². The highest BCUT2D eigenvalue weighted by Crippen LogP contribution is 2.07. The number of nitrogens with two attached hydrogens (primary N) is 1.